The van der Waals surface area contributed by atoms with Crippen LogP contribution in [0.3, 0.4) is 0 Å². The summed E-state index contributed by atoms with van der Waals surface area (Å²) in [6.45, 7) is -0.130. The van der Waals surface area contributed by atoms with Crippen molar-refractivity contribution in [1.29, 1.82) is 0 Å². The van der Waals surface area contributed by atoms with Crippen LogP contribution in [0, 0.1) is 0 Å². The zero-order valence-electron chi connectivity index (χ0n) is 4.90. The first-order valence-corrected chi connectivity index (χ1v) is 2.48. The summed E-state index contributed by atoms with van der Waals surface area (Å²) in [6.07, 6.45) is -1.88. The number of nitrogens with two attached hydrogens (primary N) is 1. The molecule has 0 spiro atoms. The van der Waals surface area contributed by atoms with Gasteiger partial charge in [-0.25, -0.2) is 9.59 Å². The van der Waals surface area contributed by atoms with Crippen LogP contribution in [0.1, 0.15) is 0 Å². The summed E-state index contributed by atoms with van der Waals surface area (Å²) in [5.41, 5.74) is 0. The number of hydrogen-bond donors (Lipinski definition) is 1. The van der Waals surface area contributed by atoms with E-state index in [0.717, 1.165) is 0 Å². The molecule has 1 aliphatic rings. The van der Waals surface area contributed by atoms with E-state index < -0.39 is 18.2 Å². The van der Waals surface area contributed by atoms with Crippen LogP contribution >= 0.6 is 0 Å². The fourth-order valence-corrected chi connectivity index (χ4v) is 0.520. The van der Waals surface area contributed by atoms with E-state index in [4.69, 9.17) is 0 Å². The topological polar surface area (TPSA) is 87.9 Å². The van der Waals surface area contributed by atoms with Gasteiger partial charge in [0.2, 0.25) is 6.10 Å². The van der Waals surface area contributed by atoms with Crippen molar-refractivity contribution in [2.24, 2.45) is 5.90 Å². The van der Waals surface area contributed by atoms with Gasteiger partial charge in [-0.05, 0) is 0 Å². The molecule has 2 N–H and O–H groups in total. The van der Waals surface area contributed by atoms with E-state index in [1.165, 1.54) is 0 Å². The Morgan fingerprint density at radius 3 is 2.90 bits per heavy atom. The summed E-state index contributed by atoms with van der Waals surface area (Å²) in [5.74, 6) is 3.69. The molecule has 1 heterocycles. The Bertz CT molecular complexity index is 167. The zero-order chi connectivity index (χ0) is 7.56. The third-order valence-electron chi connectivity index (χ3n) is 0.970. The van der Waals surface area contributed by atoms with E-state index in [0.29, 0.717) is 0 Å². The fraction of sp³-hybridized carbons (Fsp3) is 0.500. The minimum atomic E-state index is -1.00. The molecule has 0 saturated carbocycles. The zero-order valence-corrected chi connectivity index (χ0v) is 4.90. The highest BCUT2D eigenvalue weighted by molar-refractivity contribution is 5.79. The first kappa shape index (κ1) is 6.81. The lowest BCUT2D eigenvalue weighted by atomic mass is 10.4. The van der Waals surface area contributed by atoms with Gasteiger partial charge in [0.25, 0.3) is 0 Å². The van der Waals surface area contributed by atoms with Crippen molar-refractivity contribution in [1.82, 2.24) is 0 Å². The molecule has 1 rings (SSSR count). The summed E-state index contributed by atoms with van der Waals surface area (Å²) in [4.78, 5) is 24.4. The normalized spacial score (nSPS) is 23.3. The monoisotopic (exact) mass is 147 g/mol. The molecule has 6 nitrogen and oxygen atoms in total. The van der Waals surface area contributed by atoms with E-state index in [2.05, 4.69) is 20.2 Å². The smallest absolute Gasteiger partial charge is 0.430 e. The Morgan fingerprint density at radius 1 is 1.80 bits per heavy atom. The molecule has 1 aliphatic heterocycles. The highest BCUT2D eigenvalue weighted by Gasteiger charge is 2.32. The summed E-state index contributed by atoms with van der Waals surface area (Å²) in [6, 6.07) is 0. The van der Waals surface area contributed by atoms with E-state index in [1.807, 2.05) is 0 Å². The van der Waals surface area contributed by atoms with Gasteiger partial charge in [0, 0.05) is 0 Å². The minimum Gasteiger partial charge on any atom is -0.430 e. The lowest BCUT2D eigenvalue weighted by molar-refractivity contribution is -0.152. The van der Waals surface area contributed by atoms with Gasteiger partial charge in [0.05, 0.1) is 0 Å². The molecule has 0 aromatic heterocycles. The third kappa shape index (κ3) is 1.16. The van der Waals surface area contributed by atoms with E-state index in [1.54, 1.807) is 0 Å². The van der Waals surface area contributed by atoms with Crippen molar-refractivity contribution < 1.29 is 23.9 Å². The van der Waals surface area contributed by atoms with Gasteiger partial charge in [-0.2, -0.15) is 5.90 Å². The van der Waals surface area contributed by atoms with E-state index in [9.17, 15) is 9.59 Å². The number of ether oxygens (including phenoxy) is 2. The molecule has 1 fully saturated rings. The molecule has 1 saturated heterocycles. The molecular weight excluding hydrogens is 142 g/mol. The molecular formula is C4H5NO5. The summed E-state index contributed by atoms with van der Waals surface area (Å²) in [7, 11) is 0. The van der Waals surface area contributed by atoms with Crippen LogP contribution in [0.5, 0.6) is 0 Å². The average molecular weight is 147 g/mol. The SMILES string of the molecule is NOC(=O)C1COC(=O)O1. The second kappa shape index (κ2) is 2.53. The highest BCUT2D eigenvalue weighted by Crippen LogP contribution is 2.06. The van der Waals surface area contributed by atoms with Crippen LogP contribution in [-0.2, 0) is 19.1 Å². The number of carbonyl (C=O) groups is 2. The maximum absolute atomic E-state index is 10.5. The van der Waals surface area contributed by atoms with Gasteiger partial charge >= 0.3 is 12.1 Å². The molecule has 0 radical (unpaired) electrons. The van der Waals surface area contributed by atoms with Gasteiger partial charge in [-0.15, -0.1) is 0 Å². The van der Waals surface area contributed by atoms with Crippen LogP contribution in [0.4, 0.5) is 4.79 Å². The Balaban J connectivity index is 2.44. The summed E-state index contributed by atoms with van der Waals surface area (Å²) < 4.78 is 8.57. The van der Waals surface area contributed by atoms with Crippen molar-refractivity contribution in [3.8, 4) is 0 Å². The molecule has 10 heavy (non-hydrogen) atoms. The van der Waals surface area contributed by atoms with Crippen LogP contribution < -0.4 is 5.90 Å². The largest absolute Gasteiger partial charge is 0.509 e. The Morgan fingerprint density at radius 2 is 2.50 bits per heavy atom. The second-order valence-electron chi connectivity index (χ2n) is 1.60. The number of hydrogen-bond acceptors (Lipinski definition) is 6. The molecule has 0 aliphatic carbocycles. The van der Waals surface area contributed by atoms with Crippen LogP contribution in [-0.4, -0.2) is 24.8 Å². The maximum atomic E-state index is 10.5. The van der Waals surface area contributed by atoms with E-state index in [-0.39, 0.29) is 6.61 Å². The minimum absolute atomic E-state index is 0.130. The van der Waals surface area contributed by atoms with Crippen molar-refractivity contribution in [3.63, 3.8) is 0 Å². The molecule has 1 unspecified atom stereocenters. The van der Waals surface area contributed by atoms with Crippen molar-refractivity contribution in [2.75, 3.05) is 6.61 Å². The lowest BCUT2D eigenvalue weighted by Crippen LogP contribution is -2.27. The molecule has 0 aromatic carbocycles. The Labute approximate surface area is 55.8 Å². The van der Waals surface area contributed by atoms with Crippen molar-refractivity contribution in [2.45, 2.75) is 6.10 Å². The summed E-state index contributed by atoms with van der Waals surface area (Å²) >= 11 is 0. The van der Waals surface area contributed by atoms with E-state index >= 15 is 0 Å². The Kier molecular flexibility index (Phi) is 1.72. The van der Waals surface area contributed by atoms with Gasteiger partial charge in [0.15, 0.2) is 0 Å². The van der Waals surface area contributed by atoms with Crippen LogP contribution in [0.15, 0.2) is 0 Å². The summed E-state index contributed by atoms with van der Waals surface area (Å²) in [5, 5.41) is 0. The average Bonchev–Trinajstić information content (AvgIpc) is 2.34. The van der Waals surface area contributed by atoms with Gasteiger partial charge in [-0.3, -0.25) is 0 Å². The fourth-order valence-electron chi connectivity index (χ4n) is 0.520. The predicted molar refractivity (Wildman–Crippen MR) is 26.5 cm³/mol. The molecule has 1 atom stereocenters. The molecule has 0 bridgehead atoms. The lowest BCUT2D eigenvalue weighted by Gasteiger charge is -1.99. The highest BCUT2D eigenvalue weighted by atomic mass is 16.8. The molecule has 0 amide bonds. The standard InChI is InChI=1S/C4H5NO5/c5-10-3(6)2-1-8-4(7)9-2/h2H,1,5H2. The third-order valence-corrected chi connectivity index (χ3v) is 0.970. The maximum Gasteiger partial charge on any atom is 0.509 e. The molecule has 56 valence electrons. The van der Waals surface area contributed by atoms with Crippen molar-refractivity contribution in [3.05, 3.63) is 0 Å². The number of cyclic esters (lactones) is 2. The van der Waals surface area contributed by atoms with Gasteiger partial charge in [-0.1, -0.05) is 0 Å². The van der Waals surface area contributed by atoms with Gasteiger partial charge < -0.3 is 14.3 Å². The van der Waals surface area contributed by atoms with Gasteiger partial charge in [0.1, 0.15) is 6.61 Å². The molecule has 0 aromatic rings. The number of carbonyl (C=O) groups excluding carboxylic acids is 2. The number of rotatable bonds is 1. The second-order valence-corrected chi connectivity index (χ2v) is 1.60. The van der Waals surface area contributed by atoms with Crippen LogP contribution in [0.2, 0.25) is 0 Å². The first-order valence-electron chi connectivity index (χ1n) is 2.48. The van der Waals surface area contributed by atoms with Crippen molar-refractivity contribution >= 4 is 12.1 Å². The quantitative estimate of drug-likeness (QED) is 0.375. The Hall–Kier alpha value is -1.30. The predicted octanol–water partition coefficient (Wildman–Crippen LogP) is -1.06. The first-order chi connectivity index (χ1) is 4.74. The molecule has 6 heteroatoms. The van der Waals surface area contributed by atoms with Crippen LogP contribution in [0.25, 0.3) is 0 Å².